The van der Waals surface area contributed by atoms with Gasteiger partial charge in [0.1, 0.15) is 6.54 Å². The zero-order valence-electron chi connectivity index (χ0n) is 11.0. The van der Waals surface area contributed by atoms with Crippen molar-refractivity contribution < 1.29 is 4.79 Å². The molecule has 1 fully saturated rings. The second-order valence-electron chi connectivity index (χ2n) is 5.01. The SMILES string of the molecule is CN1CCC(N(C)C(=O)Cn2cc(N)cn2)CC1. The van der Waals surface area contributed by atoms with Gasteiger partial charge in [0.2, 0.25) is 5.91 Å². The monoisotopic (exact) mass is 251 g/mol. The molecular formula is C12H21N5O. The fraction of sp³-hybridized carbons (Fsp3) is 0.667. The summed E-state index contributed by atoms with van der Waals surface area (Å²) < 4.78 is 1.59. The van der Waals surface area contributed by atoms with Crippen molar-refractivity contribution >= 4 is 11.6 Å². The van der Waals surface area contributed by atoms with Crippen LogP contribution in [-0.2, 0) is 11.3 Å². The molecule has 100 valence electrons. The maximum Gasteiger partial charge on any atom is 0.244 e. The highest BCUT2D eigenvalue weighted by Crippen LogP contribution is 2.14. The number of piperidine rings is 1. The van der Waals surface area contributed by atoms with Crippen LogP contribution in [0.25, 0.3) is 0 Å². The molecule has 0 saturated carbocycles. The van der Waals surface area contributed by atoms with Gasteiger partial charge in [-0.3, -0.25) is 9.48 Å². The molecule has 1 saturated heterocycles. The number of hydrogen-bond acceptors (Lipinski definition) is 4. The number of likely N-dealkylation sites (N-methyl/N-ethyl adjacent to an activating group) is 1. The molecule has 6 heteroatoms. The fourth-order valence-corrected chi connectivity index (χ4v) is 2.30. The lowest BCUT2D eigenvalue weighted by atomic mass is 10.0. The Labute approximate surface area is 107 Å². The lowest BCUT2D eigenvalue weighted by Gasteiger charge is -2.35. The number of likely N-dealkylation sites (tertiary alicyclic amines) is 1. The topological polar surface area (TPSA) is 67.4 Å². The van der Waals surface area contributed by atoms with E-state index in [-0.39, 0.29) is 12.5 Å². The van der Waals surface area contributed by atoms with Gasteiger partial charge in [-0.05, 0) is 33.0 Å². The zero-order chi connectivity index (χ0) is 13.1. The second kappa shape index (κ2) is 5.39. The maximum absolute atomic E-state index is 12.1. The first-order chi connectivity index (χ1) is 8.56. The number of nitrogen functional groups attached to an aromatic ring is 1. The van der Waals surface area contributed by atoms with Crippen LogP contribution in [0, 0.1) is 0 Å². The lowest BCUT2D eigenvalue weighted by Crippen LogP contribution is -2.45. The summed E-state index contributed by atoms with van der Waals surface area (Å²) in [6.07, 6.45) is 5.32. The third-order valence-electron chi connectivity index (χ3n) is 3.58. The Balaban J connectivity index is 1.88. The number of nitrogens with zero attached hydrogens (tertiary/aromatic N) is 4. The second-order valence-corrected chi connectivity index (χ2v) is 5.01. The maximum atomic E-state index is 12.1. The van der Waals surface area contributed by atoms with Crippen molar-refractivity contribution in [2.24, 2.45) is 0 Å². The average Bonchev–Trinajstić information content (AvgIpc) is 2.75. The molecule has 1 aliphatic heterocycles. The van der Waals surface area contributed by atoms with Crippen LogP contribution in [0.15, 0.2) is 12.4 Å². The van der Waals surface area contributed by atoms with E-state index in [2.05, 4.69) is 17.0 Å². The molecule has 1 aromatic heterocycles. The minimum atomic E-state index is 0.0904. The molecule has 0 radical (unpaired) electrons. The van der Waals surface area contributed by atoms with Gasteiger partial charge in [-0.2, -0.15) is 5.10 Å². The Kier molecular flexibility index (Phi) is 3.86. The van der Waals surface area contributed by atoms with E-state index >= 15 is 0 Å². The molecular weight excluding hydrogens is 230 g/mol. The van der Waals surface area contributed by atoms with Gasteiger partial charge in [0.25, 0.3) is 0 Å². The number of carbonyl (C=O) groups is 1. The van der Waals surface area contributed by atoms with E-state index in [0.29, 0.717) is 11.7 Å². The molecule has 1 aromatic rings. The summed E-state index contributed by atoms with van der Waals surface area (Å²) >= 11 is 0. The van der Waals surface area contributed by atoms with E-state index in [1.165, 1.54) is 0 Å². The van der Waals surface area contributed by atoms with Crippen LogP contribution >= 0.6 is 0 Å². The molecule has 2 rings (SSSR count). The molecule has 6 nitrogen and oxygen atoms in total. The molecule has 0 atom stereocenters. The molecule has 0 unspecified atom stereocenters. The Morgan fingerprint density at radius 3 is 2.78 bits per heavy atom. The largest absolute Gasteiger partial charge is 0.396 e. The molecule has 18 heavy (non-hydrogen) atoms. The molecule has 1 amide bonds. The lowest BCUT2D eigenvalue weighted by molar-refractivity contribution is -0.133. The van der Waals surface area contributed by atoms with E-state index in [9.17, 15) is 4.79 Å². The standard InChI is InChI=1S/C12H21N5O/c1-15-5-3-11(4-6-15)16(2)12(18)9-17-8-10(13)7-14-17/h7-8,11H,3-6,9,13H2,1-2H3. The number of rotatable bonds is 3. The molecule has 0 spiro atoms. The molecule has 2 N–H and O–H groups in total. The van der Waals surface area contributed by atoms with Crippen LogP contribution in [0.5, 0.6) is 0 Å². The van der Waals surface area contributed by atoms with E-state index in [0.717, 1.165) is 25.9 Å². The van der Waals surface area contributed by atoms with Gasteiger partial charge >= 0.3 is 0 Å². The Morgan fingerprint density at radius 2 is 2.22 bits per heavy atom. The Bertz CT molecular complexity index is 408. The van der Waals surface area contributed by atoms with Crippen LogP contribution in [0.4, 0.5) is 5.69 Å². The minimum Gasteiger partial charge on any atom is -0.396 e. The summed E-state index contributed by atoms with van der Waals surface area (Å²) in [7, 11) is 4.00. The number of aromatic nitrogens is 2. The predicted octanol–water partition coefficient (Wildman–Crippen LogP) is 0.0179. The first-order valence-electron chi connectivity index (χ1n) is 6.28. The third-order valence-corrected chi connectivity index (χ3v) is 3.58. The van der Waals surface area contributed by atoms with Crippen molar-refractivity contribution in [3.63, 3.8) is 0 Å². The van der Waals surface area contributed by atoms with Gasteiger partial charge in [0, 0.05) is 19.3 Å². The number of amides is 1. The highest BCUT2D eigenvalue weighted by atomic mass is 16.2. The smallest absolute Gasteiger partial charge is 0.244 e. The summed E-state index contributed by atoms with van der Waals surface area (Å²) in [6, 6.07) is 0.349. The van der Waals surface area contributed by atoms with Crippen LogP contribution in [-0.4, -0.2) is 58.7 Å². The summed E-state index contributed by atoms with van der Waals surface area (Å²) in [5, 5.41) is 4.03. The van der Waals surface area contributed by atoms with Gasteiger partial charge in [0.05, 0.1) is 11.9 Å². The quantitative estimate of drug-likeness (QED) is 0.822. The molecule has 0 aliphatic carbocycles. The van der Waals surface area contributed by atoms with Crippen LogP contribution in [0.2, 0.25) is 0 Å². The third kappa shape index (κ3) is 3.01. The average molecular weight is 251 g/mol. The van der Waals surface area contributed by atoms with Crippen molar-refractivity contribution in [1.82, 2.24) is 19.6 Å². The van der Waals surface area contributed by atoms with Gasteiger partial charge in [-0.1, -0.05) is 0 Å². The fourth-order valence-electron chi connectivity index (χ4n) is 2.30. The van der Waals surface area contributed by atoms with Crippen molar-refractivity contribution in [1.29, 1.82) is 0 Å². The van der Waals surface area contributed by atoms with Gasteiger partial charge < -0.3 is 15.5 Å². The summed E-state index contributed by atoms with van der Waals surface area (Å²) in [4.78, 5) is 16.3. The summed E-state index contributed by atoms with van der Waals surface area (Å²) in [5.41, 5.74) is 6.16. The number of anilines is 1. The van der Waals surface area contributed by atoms with Gasteiger partial charge in [-0.25, -0.2) is 0 Å². The molecule has 0 bridgehead atoms. The summed E-state index contributed by atoms with van der Waals surface area (Å²) in [5.74, 6) is 0.0904. The highest BCUT2D eigenvalue weighted by molar-refractivity contribution is 5.76. The normalized spacial score (nSPS) is 17.9. The van der Waals surface area contributed by atoms with Crippen LogP contribution < -0.4 is 5.73 Å². The summed E-state index contributed by atoms with van der Waals surface area (Å²) in [6.45, 7) is 2.37. The van der Waals surface area contributed by atoms with Crippen molar-refractivity contribution in [3.8, 4) is 0 Å². The first kappa shape index (κ1) is 12.9. The van der Waals surface area contributed by atoms with Crippen molar-refractivity contribution in [3.05, 3.63) is 12.4 Å². The molecule has 1 aliphatic rings. The number of hydrogen-bond donors (Lipinski definition) is 1. The van der Waals surface area contributed by atoms with Gasteiger partial charge in [-0.15, -0.1) is 0 Å². The van der Waals surface area contributed by atoms with E-state index in [4.69, 9.17) is 5.73 Å². The minimum absolute atomic E-state index is 0.0904. The van der Waals surface area contributed by atoms with E-state index < -0.39 is 0 Å². The first-order valence-corrected chi connectivity index (χ1v) is 6.28. The van der Waals surface area contributed by atoms with Crippen LogP contribution in [0.1, 0.15) is 12.8 Å². The van der Waals surface area contributed by atoms with E-state index in [1.807, 2.05) is 11.9 Å². The number of carbonyl (C=O) groups excluding carboxylic acids is 1. The number of nitrogens with two attached hydrogens (primary N) is 1. The Hall–Kier alpha value is -1.56. The molecule has 2 heterocycles. The van der Waals surface area contributed by atoms with Crippen molar-refractivity contribution in [2.45, 2.75) is 25.4 Å². The zero-order valence-corrected chi connectivity index (χ0v) is 11.0. The van der Waals surface area contributed by atoms with Gasteiger partial charge in [0.15, 0.2) is 0 Å². The predicted molar refractivity (Wildman–Crippen MR) is 69.9 cm³/mol. The van der Waals surface area contributed by atoms with Crippen molar-refractivity contribution in [2.75, 3.05) is 32.9 Å². The Morgan fingerprint density at radius 1 is 1.56 bits per heavy atom. The van der Waals surface area contributed by atoms with E-state index in [1.54, 1.807) is 17.1 Å². The van der Waals surface area contributed by atoms with Crippen LogP contribution in [0.3, 0.4) is 0 Å². The molecule has 0 aromatic carbocycles. The highest BCUT2D eigenvalue weighted by Gasteiger charge is 2.23.